The molecule has 0 spiro atoms. The molecular formula is C24H38O7S. The number of aliphatic carboxylic acids is 1. The molecule has 0 amide bonds. The van der Waals surface area contributed by atoms with Crippen LogP contribution in [0, 0.1) is 40.4 Å². The zero-order chi connectivity index (χ0) is 23.5. The fourth-order valence-corrected chi connectivity index (χ4v) is 8.91. The van der Waals surface area contributed by atoms with E-state index in [0.717, 1.165) is 37.7 Å². The maximum absolute atomic E-state index is 11.3. The van der Waals surface area contributed by atoms with Crippen molar-refractivity contribution >= 4 is 16.4 Å². The van der Waals surface area contributed by atoms with Gasteiger partial charge in [0.15, 0.2) is 0 Å². The van der Waals surface area contributed by atoms with Gasteiger partial charge in [0, 0.05) is 6.42 Å². The second kappa shape index (κ2) is 8.36. The van der Waals surface area contributed by atoms with Gasteiger partial charge in [-0.25, -0.2) is 4.18 Å². The highest BCUT2D eigenvalue weighted by atomic mass is 32.3. The molecule has 32 heavy (non-hydrogen) atoms. The van der Waals surface area contributed by atoms with Gasteiger partial charge in [0.2, 0.25) is 0 Å². The van der Waals surface area contributed by atoms with E-state index in [1.165, 1.54) is 0 Å². The van der Waals surface area contributed by atoms with E-state index in [1.54, 1.807) is 0 Å². The SMILES string of the molecule is C[C@H](CCC(=O)O)[C@H]1CC[C@H]2[C@@H]3[C@H](O)C=C4C[C@@H](OS(=O)(=O)O)CC[C@]4(C)[C@H]3CC[C@]12C. The number of aliphatic hydroxyl groups excluding tert-OH is 1. The molecule has 4 aliphatic rings. The van der Waals surface area contributed by atoms with Crippen molar-refractivity contribution < 1.29 is 32.2 Å². The standard InChI is InChI=1S/C24H38O7S/c1-14(4-7-21(26)27)17-5-6-18-22-19(9-11-24(17,18)3)23(2)10-8-16(31-32(28,29)30)12-15(23)13-20(22)25/h13-14,16-20,22,25H,4-12H2,1-3H3,(H,26,27)(H,28,29,30)/t14-,16+,17-,18+,19+,20-,22+,23+,24-/m1/s1. The molecule has 0 aromatic heterocycles. The normalized spacial score (nSPS) is 44.7. The van der Waals surface area contributed by atoms with Gasteiger partial charge in [-0.2, -0.15) is 8.42 Å². The van der Waals surface area contributed by atoms with Crippen molar-refractivity contribution in [1.29, 1.82) is 0 Å². The van der Waals surface area contributed by atoms with Gasteiger partial charge in [-0.15, -0.1) is 0 Å². The minimum absolute atomic E-state index is 0.0860. The van der Waals surface area contributed by atoms with Gasteiger partial charge < -0.3 is 10.2 Å². The number of hydrogen-bond donors (Lipinski definition) is 3. The molecule has 3 fully saturated rings. The lowest BCUT2D eigenvalue weighted by Crippen LogP contribution is -2.55. The summed E-state index contributed by atoms with van der Waals surface area (Å²) in [5.41, 5.74) is 1.10. The fourth-order valence-electron chi connectivity index (χ4n) is 8.40. The Morgan fingerprint density at radius 1 is 1.19 bits per heavy atom. The van der Waals surface area contributed by atoms with Crippen LogP contribution >= 0.6 is 0 Å². The molecule has 0 bridgehead atoms. The summed E-state index contributed by atoms with van der Waals surface area (Å²) in [6.45, 7) is 6.82. The minimum Gasteiger partial charge on any atom is -0.481 e. The van der Waals surface area contributed by atoms with Crippen molar-refractivity contribution in [3.8, 4) is 0 Å². The van der Waals surface area contributed by atoms with Crippen molar-refractivity contribution in [3.63, 3.8) is 0 Å². The summed E-state index contributed by atoms with van der Waals surface area (Å²) in [5.74, 6) is 1.04. The third-order valence-electron chi connectivity index (χ3n) is 9.92. The summed E-state index contributed by atoms with van der Waals surface area (Å²) in [7, 11) is -4.49. The zero-order valence-corrected chi connectivity index (χ0v) is 20.2. The fraction of sp³-hybridized carbons (Fsp3) is 0.875. The van der Waals surface area contributed by atoms with E-state index < -0.39 is 28.6 Å². The van der Waals surface area contributed by atoms with Crippen LogP contribution in [0.1, 0.15) is 78.6 Å². The molecule has 0 unspecified atom stereocenters. The molecule has 0 heterocycles. The molecule has 3 saturated carbocycles. The maximum atomic E-state index is 11.3. The molecule has 7 nitrogen and oxygen atoms in total. The smallest absolute Gasteiger partial charge is 0.397 e. The summed E-state index contributed by atoms with van der Waals surface area (Å²) in [6.07, 6.45) is 7.79. The van der Waals surface area contributed by atoms with Gasteiger partial charge in [-0.3, -0.25) is 9.35 Å². The molecule has 8 heteroatoms. The predicted molar refractivity (Wildman–Crippen MR) is 119 cm³/mol. The molecule has 3 N–H and O–H groups in total. The Bertz CT molecular complexity index is 883. The van der Waals surface area contributed by atoms with Crippen molar-refractivity contribution in [3.05, 3.63) is 11.6 Å². The van der Waals surface area contributed by atoms with Crippen molar-refractivity contribution in [2.45, 2.75) is 90.8 Å². The van der Waals surface area contributed by atoms with Crippen molar-refractivity contribution in [2.24, 2.45) is 40.4 Å². The largest absolute Gasteiger partial charge is 0.481 e. The van der Waals surface area contributed by atoms with Crippen molar-refractivity contribution in [2.75, 3.05) is 0 Å². The molecule has 0 aromatic carbocycles. The summed E-state index contributed by atoms with van der Waals surface area (Å²) < 4.78 is 36.3. The average Bonchev–Trinajstić information content (AvgIpc) is 3.03. The lowest BCUT2D eigenvalue weighted by atomic mass is 9.46. The van der Waals surface area contributed by atoms with Crippen molar-refractivity contribution in [1.82, 2.24) is 0 Å². The second-order valence-corrected chi connectivity index (χ2v) is 12.5. The van der Waals surface area contributed by atoms with E-state index in [4.69, 9.17) is 13.8 Å². The van der Waals surface area contributed by atoms with Crippen LogP contribution in [0.5, 0.6) is 0 Å². The van der Waals surface area contributed by atoms with Gasteiger partial charge >= 0.3 is 16.4 Å². The summed E-state index contributed by atoms with van der Waals surface area (Å²) in [6, 6.07) is 0. The summed E-state index contributed by atoms with van der Waals surface area (Å²) in [4.78, 5) is 11.1. The second-order valence-electron chi connectivity index (χ2n) is 11.4. The topological polar surface area (TPSA) is 121 Å². The van der Waals surface area contributed by atoms with Gasteiger partial charge in [0.1, 0.15) is 0 Å². The van der Waals surface area contributed by atoms with E-state index in [0.29, 0.717) is 42.9 Å². The number of hydrogen-bond acceptors (Lipinski definition) is 5. The first kappa shape index (κ1) is 24.2. The quantitative estimate of drug-likeness (QED) is 0.392. The maximum Gasteiger partial charge on any atom is 0.397 e. The molecule has 0 radical (unpaired) electrons. The first-order valence-corrected chi connectivity index (χ1v) is 13.5. The first-order chi connectivity index (χ1) is 14.8. The van der Waals surface area contributed by atoms with Crippen LogP contribution in [0.3, 0.4) is 0 Å². The van der Waals surface area contributed by atoms with Gasteiger partial charge in [0.25, 0.3) is 0 Å². The summed E-state index contributed by atoms with van der Waals surface area (Å²) >= 11 is 0. The lowest BCUT2D eigenvalue weighted by molar-refractivity contribution is -0.137. The molecule has 0 saturated heterocycles. The third-order valence-corrected chi connectivity index (χ3v) is 10.4. The Morgan fingerprint density at radius 3 is 2.56 bits per heavy atom. The Kier molecular flexibility index (Phi) is 6.32. The van der Waals surface area contributed by atoms with E-state index in [2.05, 4.69) is 20.8 Å². The molecule has 4 aliphatic carbocycles. The van der Waals surface area contributed by atoms with Crippen LogP contribution < -0.4 is 0 Å². The van der Waals surface area contributed by atoms with E-state index in [9.17, 15) is 18.3 Å². The average molecular weight is 471 g/mol. The van der Waals surface area contributed by atoms with E-state index >= 15 is 0 Å². The molecular weight excluding hydrogens is 432 g/mol. The Labute approximate surface area is 191 Å². The molecule has 0 aliphatic heterocycles. The van der Waals surface area contributed by atoms with Crippen LogP contribution in [0.15, 0.2) is 11.6 Å². The minimum atomic E-state index is -4.49. The van der Waals surface area contributed by atoms with E-state index in [-0.39, 0.29) is 23.2 Å². The lowest BCUT2D eigenvalue weighted by Gasteiger charge is -2.59. The number of carbonyl (C=O) groups is 1. The van der Waals surface area contributed by atoms with E-state index in [1.807, 2.05) is 6.08 Å². The first-order valence-electron chi connectivity index (χ1n) is 12.1. The van der Waals surface area contributed by atoms with Crippen LogP contribution in [-0.2, 0) is 19.4 Å². The molecule has 4 rings (SSSR count). The number of carboxylic acid groups (broad SMARTS) is 1. The Morgan fingerprint density at radius 2 is 1.91 bits per heavy atom. The van der Waals surface area contributed by atoms with Crippen LogP contribution in [-0.4, -0.2) is 41.4 Å². The Balaban J connectivity index is 1.56. The predicted octanol–water partition coefficient (Wildman–Crippen LogP) is 4.23. The highest BCUT2D eigenvalue weighted by Gasteiger charge is 2.61. The van der Waals surface area contributed by atoms with Crippen LogP contribution in [0.2, 0.25) is 0 Å². The highest BCUT2D eigenvalue weighted by molar-refractivity contribution is 7.80. The molecule has 0 aromatic rings. The number of fused-ring (bicyclic) bond motifs is 5. The molecule has 182 valence electrons. The third kappa shape index (κ3) is 4.17. The number of rotatable bonds is 6. The van der Waals surface area contributed by atoms with Gasteiger partial charge in [-0.1, -0.05) is 32.4 Å². The molecule has 9 atom stereocenters. The van der Waals surface area contributed by atoms with Crippen LogP contribution in [0.4, 0.5) is 0 Å². The highest BCUT2D eigenvalue weighted by Crippen LogP contribution is 2.67. The summed E-state index contributed by atoms with van der Waals surface area (Å²) in [5, 5.41) is 20.4. The Hall–Kier alpha value is -0.960. The van der Waals surface area contributed by atoms with Crippen LogP contribution in [0.25, 0.3) is 0 Å². The van der Waals surface area contributed by atoms with Gasteiger partial charge in [-0.05, 0) is 91.8 Å². The number of carboxylic acids is 1. The zero-order valence-electron chi connectivity index (χ0n) is 19.4. The monoisotopic (exact) mass is 470 g/mol. The van der Waals surface area contributed by atoms with Gasteiger partial charge in [0.05, 0.1) is 12.2 Å². The number of aliphatic hydroxyl groups is 1.